The maximum absolute atomic E-state index is 13.5. The molecule has 2 rings (SSSR count). The molecule has 1 heterocycles. The molecule has 0 spiro atoms. The van der Waals surface area contributed by atoms with Crippen LogP contribution in [0.5, 0.6) is 0 Å². The standard InChI is InChI=1S/C16H18FN3O/c1-3-20(4-2)12-9-10-18-15(11-12)16(21)19-14-8-6-5-7-13(14)17/h5-11H,3-4H2,1-2H3,(H,19,21). The average Bonchev–Trinajstić information content (AvgIpc) is 2.51. The average molecular weight is 287 g/mol. The number of hydrogen-bond acceptors (Lipinski definition) is 3. The van der Waals surface area contributed by atoms with Crippen molar-refractivity contribution in [2.24, 2.45) is 0 Å². The van der Waals surface area contributed by atoms with Gasteiger partial charge in [-0.05, 0) is 38.1 Å². The van der Waals surface area contributed by atoms with E-state index >= 15 is 0 Å². The van der Waals surface area contributed by atoms with Crippen molar-refractivity contribution in [3.63, 3.8) is 0 Å². The summed E-state index contributed by atoms with van der Waals surface area (Å²) >= 11 is 0. The Morgan fingerprint density at radius 1 is 1.24 bits per heavy atom. The van der Waals surface area contributed by atoms with Crippen LogP contribution in [0.3, 0.4) is 0 Å². The highest BCUT2D eigenvalue weighted by molar-refractivity contribution is 6.03. The summed E-state index contributed by atoms with van der Waals surface area (Å²) < 4.78 is 13.5. The summed E-state index contributed by atoms with van der Waals surface area (Å²) in [4.78, 5) is 18.3. The first-order valence-corrected chi connectivity index (χ1v) is 6.92. The van der Waals surface area contributed by atoms with Gasteiger partial charge in [0.15, 0.2) is 0 Å². The second kappa shape index (κ2) is 6.83. The predicted molar refractivity (Wildman–Crippen MR) is 82.2 cm³/mol. The van der Waals surface area contributed by atoms with E-state index in [0.29, 0.717) is 0 Å². The van der Waals surface area contributed by atoms with Gasteiger partial charge in [-0.25, -0.2) is 4.39 Å². The highest BCUT2D eigenvalue weighted by Crippen LogP contribution is 2.17. The zero-order chi connectivity index (χ0) is 15.2. The summed E-state index contributed by atoms with van der Waals surface area (Å²) in [6.07, 6.45) is 1.59. The van der Waals surface area contributed by atoms with Gasteiger partial charge in [-0.3, -0.25) is 9.78 Å². The third kappa shape index (κ3) is 3.56. The first kappa shape index (κ1) is 15.0. The van der Waals surface area contributed by atoms with E-state index in [4.69, 9.17) is 0 Å². The second-order valence-electron chi connectivity index (χ2n) is 4.51. The van der Waals surface area contributed by atoms with Crippen molar-refractivity contribution < 1.29 is 9.18 Å². The van der Waals surface area contributed by atoms with Crippen molar-refractivity contribution in [3.05, 3.63) is 54.1 Å². The third-order valence-electron chi connectivity index (χ3n) is 3.23. The Bertz CT molecular complexity index is 626. The molecule has 0 aliphatic rings. The highest BCUT2D eigenvalue weighted by Gasteiger charge is 2.12. The Hall–Kier alpha value is -2.43. The van der Waals surface area contributed by atoms with Crippen LogP contribution in [0.2, 0.25) is 0 Å². The van der Waals surface area contributed by atoms with Crippen LogP contribution in [0.25, 0.3) is 0 Å². The van der Waals surface area contributed by atoms with Crippen molar-refractivity contribution >= 4 is 17.3 Å². The fourth-order valence-electron chi connectivity index (χ4n) is 2.08. The lowest BCUT2D eigenvalue weighted by Gasteiger charge is -2.21. The first-order chi connectivity index (χ1) is 10.2. The first-order valence-electron chi connectivity index (χ1n) is 6.92. The number of para-hydroxylation sites is 1. The van der Waals surface area contributed by atoms with Crippen LogP contribution in [-0.4, -0.2) is 24.0 Å². The number of anilines is 2. The Balaban J connectivity index is 2.20. The quantitative estimate of drug-likeness (QED) is 0.917. The Morgan fingerprint density at radius 2 is 1.95 bits per heavy atom. The Labute approximate surface area is 123 Å². The maximum Gasteiger partial charge on any atom is 0.274 e. The molecule has 21 heavy (non-hydrogen) atoms. The van der Waals surface area contributed by atoms with E-state index in [1.807, 2.05) is 19.9 Å². The molecule has 0 fully saturated rings. The molecule has 0 radical (unpaired) electrons. The fraction of sp³-hybridized carbons (Fsp3) is 0.250. The zero-order valence-corrected chi connectivity index (χ0v) is 12.1. The molecule has 4 nitrogen and oxygen atoms in total. The summed E-state index contributed by atoms with van der Waals surface area (Å²) in [5.41, 5.74) is 1.34. The number of carbonyl (C=O) groups is 1. The minimum absolute atomic E-state index is 0.151. The van der Waals surface area contributed by atoms with Gasteiger partial charge in [0.2, 0.25) is 0 Å². The van der Waals surface area contributed by atoms with Gasteiger partial charge < -0.3 is 10.2 Å². The van der Waals surface area contributed by atoms with E-state index in [-0.39, 0.29) is 11.4 Å². The molecule has 0 saturated heterocycles. The van der Waals surface area contributed by atoms with Crippen molar-refractivity contribution in [1.82, 2.24) is 4.98 Å². The molecule has 0 bridgehead atoms. The van der Waals surface area contributed by atoms with E-state index < -0.39 is 11.7 Å². The lowest BCUT2D eigenvalue weighted by Crippen LogP contribution is -2.23. The molecule has 1 N–H and O–H groups in total. The molecule has 0 unspecified atom stereocenters. The molecule has 1 aromatic heterocycles. The lowest BCUT2D eigenvalue weighted by molar-refractivity contribution is 0.102. The molecule has 0 aliphatic heterocycles. The molecule has 2 aromatic rings. The van der Waals surface area contributed by atoms with Crippen LogP contribution in [0.4, 0.5) is 15.8 Å². The van der Waals surface area contributed by atoms with Gasteiger partial charge in [-0.2, -0.15) is 0 Å². The molecule has 1 aromatic carbocycles. The number of nitrogens with one attached hydrogen (secondary N) is 1. The molecule has 0 saturated carbocycles. The number of nitrogens with zero attached hydrogens (tertiary/aromatic N) is 2. The van der Waals surface area contributed by atoms with E-state index in [1.165, 1.54) is 12.1 Å². The van der Waals surface area contributed by atoms with Crippen molar-refractivity contribution in [2.75, 3.05) is 23.3 Å². The molecular weight excluding hydrogens is 269 g/mol. The number of rotatable bonds is 5. The zero-order valence-electron chi connectivity index (χ0n) is 12.1. The minimum Gasteiger partial charge on any atom is -0.372 e. The smallest absolute Gasteiger partial charge is 0.274 e. The van der Waals surface area contributed by atoms with E-state index in [1.54, 1.807) is 24.4 Å². The molecule has 1 amide bonds. The van der Waals surface area contributed by atoms with Gasteiger partial charge in [-0.15, -0.1) is 0 Å². The van der Waals surface area contributed by atoms with E-state index in [2.05, 4.69) is 15.2 Å². The molecular formula is C16H18FN3O. The number of pyridine rings is 1. The monoisotopic (exact) mass is 287 g/mol. The van der Waals surface area contributed by atoms with E-state index in [9.17, 15) is 9.18 Å². The number of aromatic nitrogens is 1. The maximum atomic E-state index is 13.5. The van der Waals surface area contributed by atoms with Crippen LogP contribution in [-0.2, 0) is 0 Å². The Morgan fingerprint density at radius 3 is 2.62 bits per heavy atom. The van der Waals surface area contributed by atoms with Crippen LogP contribution in [0.1, 0.15) is 24.3 Å². The number of carbonyl (C=O) groups excluding carboxylic acids is 1. The van der Waals surface area contributed by atoms with Crippen LogP contribution in [0, 0.1) is 5.82 Å². The predicted octanol–water partition coefficient (Wildman–Crippen LogP) is 3.32. The molecule has 110 valence electrons. The normalized spacial score (nSPS) is 10.2. The fourth-order valence-corrected chi connectivity index (χ4v) is 2.08. The van der Waals surface area contributed by atoms with Crippen molar-refractivity contribution in [2.45, 2.75) is 13.8 Å². The summed E-state index contributed by atoms with van der Waals surface area (Å²) in [5, 5.41) is 2.53. The Kier molecular flexibility index (Phi) is 4.87. The number of hydrogen-bond donors (Lipinski definition) is 1. The summed E-state index contributed by atoms with van der Waals surface area (Å²) in [7, 11) is 0. The summed E-state index contributed by atoms with van der Waals surface area (Å²) in [5.74, 6) is -0.889. The van der Waals surface area contributed by atoms with Crippen molar-refractivity contribution in [3.8, 4) is 0 Å². The van der Waals surface area contributed by atoms with Crippen LogP contribution >= 0.6 is 0 Å². The largest absolute Gasteiger partial charge is 0.372 e. The van der Waals surface area contributed by atoms with Gasteiger partial charge in [0.1, 0.15) is 11.5 Å². The SMILES string of the molecule is CCN(CC)c1ccnc(C(=O)Nc2ccccc2F)c1. The number of benzene rings is 1. The van der Waals surface area contributed by atoms with Gasteiger partial charge >= 0.3 is 0 Å². The molecule has 0 atom stereocenters. The highest BCUT2D eigenvalue weighted by atomic mass is 19.1. The second-order valence-corrected chi connectivity index (χ2v) is 4.51. The van der Waals surface area contributed by atoms with Gasteiger partial charge in [0.25, 0.3) is 5.91 Å². The topological polar surface area (TPSA) is 45.2 Å². The third-order valence-corrected chi connectivity index (χ3v) is 3.23. The van der Waals surface area contributed by atoms with Crippen molar-refractivity contribution in [1.29, 1.82) is 0 Å². The summed E-state index contributed by atoms with van der Waals surface area (Å²) in [6, 6.07) is 9.62. The molecule has 5 heteroatoms. The van der Waals surface area contributed by atoms with Crippen LogP contribution in [0.15, 0.2) is 42.6 Å². The van der Waals surface area contributed by atoms with Gasteiger partial charge in [-0.1, -0.05) is 12.1 Å². The number of halogens is 1. The number of amides is 1. The van der Waals surface area contributed by atoms with Gasteiger partial charge in [0, 0.05) is 25.0 Å². The van der Waals surface area contributed by atoms with E-state index in [0.717, 1.165) is 18.8 Å². The molecule has 0 aliphatic carbocycles. The van der Waals surface area contributed by atoms with Crippen LogP contribution < -0.4 is 10.2 Å². The van der Waals surface area contributed by atoms with Gasteiger partial charge in [0.05, 0.1) is 5.69 Å². The minimum atomic E-state index is -0.467. The lowest BCUT2D eigenvalue weighted by atomic mass is 10.2. The summed E-state index contributed by atoms with van der Waals surface area (Å²) in [6.45, 7) is 5.77.